The Kier molecular flexibility index (Phi) is 1.88. The molecule has 0 fully saturated rings. The molecule has 4 heteroatoms. The lowest BCUT2D eigenvalue weighted by molar-refractivity contribution is 0.271. The van der Waals surface area contributed by atoms with Crippen LogP contribution in [0, 0.1) is 5.82 Å². The van der Waals surface area contributed by atoms with Gasteiger partial charge in [0.15, 0.2) is 5.43 Å². The van der Waals surface area contributed by atoms with Crippen molar-refractivity contribution in [3.05, 3.63) is 45.5 Å². The van der Waals surface area contributed by atoms with Crippen LogP contribution in [0.25, 0.3) is 10.9 Å². The third-order valence-corrected chi connectivity index (χ3v) is 3.10. The largest absolute Gasteiger partial charge is 0.390 e. The van der Waals surface area contributed by atoms with Gasteiger partial charge in [0.05, 0.1) is 12.1 Å². The fourth-order valence-electron chi connectivity index (χ4n) is 2.42. The molecular weight excluding hydrogens is 209 g/mol. The Hall–Kier alpha value is -1.68. The van der Waals surface area contributed by atoms with Crippen LogP contribution in [0.2, 0.25) is 0 Å². The fourth-order valence-corrected chi connectivity index (χ4v) is 2.42. The van der Waals surface area contributed by atoms with E-state index >= 15 is 0 Å². The minimum atomic E-state index is -0.371. The van der Waals surface area contributed by atoms with Gasteiger partial charge in [-0.3, -0.25) is 4.79 Å². The molecule has 2 aromatic rings. The van der Waals surface area contributed by atoms with Crippen molar-refractivity contribution in [3.8, 4) is 0 Å². The van der Waals surface area contributed by atoms with E-state index in [0.717, 1.165) is 11.1 Å². The number of pyridine rings is 1. The molecule has 2 heterocycles. The standard InChI is InChI=1S/C12H10FNO2/c13-8-3-7-1-2-14-9(6-15)5-11(16)10(4-8)12(7)14/h3-5,15H,1-2,6H2. The summed E-state index contributed by atoms with van der Waals surface area (Å²) in [7, 11) is 0. The van der Waals surface area contributed by atoms with E-state index in [9.17, 15) is 14.3 Å². The summed E-state index contributed by atoms with van der Waals surface area (Å²) < 4.78 is 15.2. The summed E-state index contributed by atoms with van der Waals surface area (Å²) in [5.74, 6) is -0.371. The quantitative estimate of drug-likeness (QED) is 0.782. The van der Waals surface area contributed by atoms with E-state index in [1.807, 2.05) is 4.57 Å². The molecule has 1 aliphatic rings. The summed E-state index contributed by atoms with van der Waals surface area (Å²) in [6.07, 6.45) is 0.713. The molecule has 0 spiro atoms. The molecule has 3 nitrogen and oxygen atoms in total. The highest BCUT2D eigenvalue weighted by atomic mass is 19.1. The Bertz CT molecular complexity index is 645. The monoisotopic (exact) mass is 219 g/mol. The van der Waals surface area contributed by atoms with Gasteiger partial charge in [-0.05, 0) is 24.1 Å². The molecule has 0 radical (unpaired) electrons. The van der Waals surface area contributed by atoms with Gasteiger partial charge >= 0.3 is 0 Å². The lowest BCUT2D eigenvalue weighted by atomic mass is 10.1. The van der Waals surface area contributed by atoms with Crippen molar-refractivity contribution in [1.82, 2.24) is 4.57 Å². The number of aryl methyl sites for hydroxylation is 2. The fraction of sp³-hybridized carbons (Fsp3) is 0.250. The van der Waals surface area contributed by atoms with Crippen LogP contribution in [0.15, 0.2) is 23.0 Å². The molecule has 16 heavy (non-hydrogen) atoms. The van der Waals surface area contributed by atoms with Crippen molar-refractivity contribution in [3.63, 3.8) is 0 Å². The first-order valence-corrected chi connectivity index (χ1v) is 5.16. The summed E-state index contributed by atoms with van der Waals surface area (Å²) in [6.45, 7) is 0.535. The molecule has 0 aliphatic carbocycles. The SMILES string of the molecule is O=c1cc(CO)n2c3c(cc(F)cc13)CC2. The molecule has 0 unspecified atom stereocenters. The molecule has 0 saturated carbocycles. The summed E-state index contributed by atoms with van der Waals surface area (Å²) in [6, 6.07) is 4.12. The number of aliphatic hydroxyl groups is 1. The van der Waals surface area contributed by atoms with Crippen molar-refractivity contribution >= 4 is 10.9 Å². The minimum Gasteiger partial charge on any atom is -0.390 e. The van der Waals surface area contributed by atoms with Gasteiger partial charge in [0.2, 0.25) is 0 Å². The summed E-state index contributed by atoms with van der Waals surface area (Å²) in [5.41, 5.74) is 2.00. The lowest BCUT2D eigenvalue weighted by Gasteiger charge is -2.09. The number of aliphatic hydroxyl groups excluding tert-OH is 1. The number of benzene rings is 1. The van der Waals surface area contributed by atoms with Crippen LogP contribution in [0.3, 0.4) is 0 Å². The molecule has 1 aliphatic heterocycles. The number of nitrogens with zero attached hydrogens (tertiary/aromatic N) is 1. The number of aromatic nitrogens is 1. The molecule has 0 atom stereocenters. The van der Waals surface area contributed by atoms with Crippen LogP contribution in [0.5, 0.6) is 0 Å². The van der Waals surface area contributed by atoms with Crippen molar-refractivity contribution in [2.45, 2.75) is 19.6 Å². The van der Waals surface area contributed by atoms with E-state index < -0.39 is 0 Å². The Labute approximate surface area is 90.8 Å². The van der Waals surface area contributed by atoms with E-state index in [1.165, 1.54) is 18.2 Å². The average molecular weight is 219 g/mol. The molecule has 0 amide bonds. The topological polar surface area (TPSA) is 42.2 Å². The average Bonchev–Trinajstić information content (AvgIpc) is 2.67. The molecule has 3 rings (SSSR count). The van der Waals surface area contributed by atoms with Crippen molar-refractivity contribution in [2.24, 2.45) is 0 Å². The predicted octanol–water partition coefficient (Wildman–Crippen LogP) is 1.19. The van der Waals surface area contributed by atoms with Gasteiger partial charge in [-0.25, -0.2) is 4.39 Å². The molecule has 0 saturated heterocycles. The van der Waals surface area contributed by atoms with Crippen molar-refractivity contribution < 1.29 is 9.50 Å². The number of halogens is 1. The Morgan fingerprint density at radius 2 is 2.19 bits per heavy atom. The molecule has 82 valence electrons. The van der Waals surface area contributed by atoms with Crippen molar-refractivity contribution in [1.29, 1.82) is 0 Å². The van der Waals surface area contributed by atoms with Crippen LogP contribution in [0.4, 0.5) is 4.39 Å². The maximum atomic E-state index is 13.3. The highest BCUT2D eigenvalue weighted by Crippen LogP contribution is 2.26. The van der Waals surface area contributed by atoms with Crippen molar-refractivity contribution in [2.75, 3.05) is 0 Å². The number of rotatable bonds is 1. The lowest BCUT2D eigenvalue weighted by Crippen LogP contribution is -2.11. The van der Waals surface area contributed by atoms with Gasteiger partial charge in [-0.15, -0.1) is 0 Å². The van der Waals surface area contributed by atoms with Crippen LogP contribution in [0.1, 0.15) is 11.3 Å². The van der Waals surface area contributed by atoms with Gasteiger partial charge in [-0.2, -0.15) is 0 Å². The maximum absolute atomic E-state index is 13.3. The second-order valence-electron chi connectivity index (χ2n) is 4.02. The summed E-state index contributed by atoms with van der Waals surface area (Å²) in [5, 5.41) is 9.58. The number of hydrogen-bond donors (Lipinski definition) is 1. The van der Waals surface area contributed by atoms with Gasteiger partial charge in [0, 0.05) is 23.7 Å². The second-order valence-corrected chi connectivity index (χ2v) is 4.02. The molecule has 1 aromatic heterocycles. The third-order valence-electron chi connectivity index (χ3n) is 3.10. The number of hydrogen-bond acceptors (Lipinski definition) is 2. The van der Waals surface area contributed by atoms with E-state index in [1.54, 1.807) is 0 Å². The van der Waals surface area contributed by atoms with E-state index in [0.29, 0.717) is 24.0 Å². The Morgan fingerprint density at radius 1 is 1.38 bits per heavy atom. The van der Waals surface area contributed by atoms with Gasteiger partial charge < -0.3 is 9.67 Å². The molecule has 1 N–H and O–H groups in total. The Morgan fingerprint density at radius 3 is 2.94 bits per heavy atom. The highest BCUT2D eigenvalue weighted by Gasteiger charge is 2.18. The minimum absolute atomic E-state index is 0.165. The predicted molar refractivity (Wildman–Crippen MR) is 57.8 cm³/mol. The maximum Gasteiger partial charge on any atom is 0.189 e. The first kappa shape index (κ1) is 9.54. The smallest absolute Gasteiger partial charge is 0.189 e. The zero-order valence-corrected chi connectivity index (χ0v) is 8.53. The Balaban J connectivity index is 2.54. The van der Waals surface area contributed by atoms with E-state index in [-0.39, 0.29) is 17.9 Å². The summed E-state index contributed by atoms with van der Waals surface area (Å²) in [4.78, 5) is 11.8. The molecular formula is C12H10FNO2. The van der Waals surface area contributed by atoms with Crippen LogP contribution >= 0.6 is 0 Å². The first-order chi connectivity index (χ1) is 7.70. The molecule has 1 aromatic carbocycles. The highest BCUT2D eigenvalue weighted by molar-refractivity contribution is 5.84. The van der Waals surface area contributed by atoms with E-state index in [4.69, 9.17) is 0 Å². The van der Waals surface area contributed by atoms with Gasteiger partial charge in [0.1, 0.15) is 5.82 Å². The van der Waals surface area contributed by atoms with Gasteiger partial charge in [0.25, 0.3) is 0 Å². The zero-order chi connectivity index (χ0) is 11.3. The zero-order valence-electron chi connectivity index (χ0n) is 8.53. The first-order valence-electron chi connectivity index (χ1n) is 5.16. The summed E-state index contributed by atoms with van der Waals surface area (Å²) >= 11 is 0. The molecule has 0 bridgehead atoms. The normalized spacial score (nSPS) is 13.6. The second kappa shape index (κ2) is 3.15. The van der Waals surface area contributed by atoms with Crippen LogP contribution in [-0.2, 0) is 19.6 Å². The van der Waals surface area contributed by atoms with Gasteiger partial charge in [-0.1, -0.05) is 0 Å². The van der Waals surface area contributed by atoms with Crippen LogP contribution < -0.4 is 5.43 Å². The van der Waals surface area contributed by atoms with E-state index in [2.05, 4.69) is 0 Å². The third kappa shape index (κ3) is 1.13. The van der Waals surface area contributed by atoms with Crippen LogP contribution in [-0.4, -0.2) is 9.67 Å².